The highest BCUT2D eigenvalue weighted by Crippen LogP contribution is 2.25. The van der Waals surface area contributed by atoms with E-state index in [-0.39, 0.29) is 18.2 Å². The van der Waals surface area contributed by atoms with Crippen molar-refractivity contribution in [1.82, 2.24) is 4.98 Å². The molecule has 5 nitrogen and oxygen atoms in total. The van der Waals surface area contributed by atoms with Crippen LogP contribution in [0.15, 0.2) is 72.9 Å². The van der Waals surface area contributed by atoms with Gasteiger partial charge in [0.1, 0.15) is 5.82 Å². The van der Waals surface area contributed by atoms with E-state index in [0.717, 1.165) is 5.56 Å². The van der Waals surface area contributed by atoms with E-state index < -0.39 is 0 Å². The first-order valence-electron chi connectivity index (χ1n) is 8.39. The van der Waals surface area contributed by atoms with Gasteiger partial charge in [-0.3, -0.25) is 14.5 Å². The van der Waals surface area contributed by atoms with E-state index in [1.807, 2.05) is 48.5 Å². The molecule has 27 heavy (non-hydrogen) atoms. The molecule has 6 heteroatoms. The molecule has 3 rings (SSSR count). The second kappa shape index (κ2) is 8.47. The normalized spacial score (nSPS) is 10.3. The highest BCUT2D eigenvalue weighted by atomic mass is 35.5. The second-order valence-corrected chi connectivity index (χ2v) is 6.32. The molecule has 0 unspecified atom stereocenters. The summed E-state index contributed by atoms with van der Waals surface area (Å²) in [5.74, 6) is 0.0619. The molecule has 1 heterocycles. The Kier molecular flexibility index (Phi) is 5.84. The lowest BCUT2D eigenvalue weighted by molar-refractivity contribution is -0.116. The molecule has 0 aliphatic heterocycles. The largest absolute Gasteiger partial charge is 0.326 e. The summed E-state index contributed by atoms with van der Waals surface area (Å²) in [6.45, 7) is 1.47. The van der Waals surface area contributed by atoms with Gasteiger partial charge in [-0.1, -0.05) is 48.0 Å². The number of pyridine rings is 1. The minimum atomic E-state index is -0.200. The van der Waals surface area contributed by atoms with Gasteiger partial charge >= 0.3 is 0 Å². The Balaban J connectivity index is 1.79. The van der Waals surface area contributed by atoms with Crippen molar-refractivity contribution in [1.29, 1.82) is 0 Å². The van der Waals surface area contributed by atoms with Crippen molar-refractivity contribution in [3.63, 3.8) is 0 Å². The molecule has 3 aromatic rings. The summed E-state index contributed by atoms with van der Waals surface area (Å²) in [5, 5.41) is 3.38. The molecule has 1 aromatic heterocycles. The molecule has 0 saturated carbocycles. The number of rotatable bonds is 5. The first-order chi connectivity index (χ1) is 13.0. The molecule has 2 aromatic carbocycles. The molecule has 1 N–H and O–H groups in total. The van der Waals surface area contributed by atoms with Gasteiger partial charge in [0, 0.05) is 29.9 Å². The maximum Gasteiger partial charge on any atom is 0.229 e. The average Bonchev–Trinajstić information content (AvgIpc) is 2.65. The van der Waals surface area contributed by atoms with E-state index in [9.17, 15) is 9.59 Å². The summed E-state index contributed by atoms with van der Waals surface area (Å²) in [6, 6.07) is 19.8. The maximum atomic E-state index is 12.3. The summed E-state index contributed by atoms with van der Waals surface area (Å²) in [5.41, 5.74) is 2.01. The van der Waals surface area contributed by atoms with Crippen LogP contribution in [0.4, 0.5) is 17.2 Å². The summed E-state index contributed by atoms with van der Waals surface area (Å²) in [4.78, 5) is 30.3. The van der Waals surface area contributed by atoms with Crippen molar-refractivity contribution in [2.75, 3.05) is 10.2 Å². The standard InChI is InChI=1S/C21H18ClN3O2/c1-15(26)25(18-8-3-2-4-9-18)20-14-17(11-12-23-20)24-21(27)13-16-7-5-6-10-19(16)22/h2-12,14H,13H2,1H3,(H,23,24,27). The predicted octanol–water partition coefficient (Wildman–Crippen LogP) is 4.60. The Morgan fingerprint density at radius 3 is 2.44 bits per heavy atom. The van der Waals surface area contributed by atoms with E-state index in [1.165, 1.54) is 11.8 Å². The number of anilines is 3. The topological polar surface area (TPSA) is 62.3 Å². The number of amides is 2. The lowest BCUT2D eigenvalue weighted by Gasteiger charge is -2.20. The number of nitrogens with one attached hydrogen (secondary N) is 1. The lowest BCUT2D eigenvalue weighted by Crippen LogP contribution is -2.24. The molecule has 0 saturated heterocycles. The second-order valence-electron chi connectivity index (χ2n) is 5.91. The van der Waals surface area contributed by atoms with Gasteiger partial charge in [-0.2, -0.15) is 0 Å². The third-order valence-corrected chi connectivity index (χ3v) is 4.27. The van der Waals surface area contributed by atoms with Gasteiger partial charge in [0.15, 0.2) is 0 Å². The van der Waals surface area contributed by atoms with Crippen molar-refractivity contribution in [2.24, 2.45) is 0 Å². The van der Waals surface area contributed by atoms with E-state index in [0.29, 0.717) is 22.2 Å². The molecule has 136 valence electrons. The van der Waals surface area contributed by atoms with Crippen LogP contribution < -0.4 is 10.2 Å². The van der Waals surface area contributed by atoms with Crippen LogP contribution in [-0.4, -0.2) is 16.8 Å². The van der Waals surface area contributed by atoms with Crippen molar-refractivity contribution >= 4 is 40.6 Å². The van der Waals surface area contributed by atoms with Gasteiger partial charge in [-0.05, 0) is 29.8 Å². The number of carbonyl (C=O) groups excluding carboxylic acids is 2. The Hall–Kier alpha value is -3.18. The highest BCUT2D eigenvalue weighted by molar-refractivity contribution is 6.31. The fraction of sp³-hybridized carbons (Fsp3) is 0.0952. The number of carbonyl (C=O) groups is 2. The van der Waals surface area contributed by atoms with Gasteiger partial charge in [0.2, 0.25) is 11.8 Å². The van der Waals surface area contributed by atoms with E-state index in [1.54, 1.807) is 24.4 Å². The van der Waals surface area contributed by atoms with Gasteiger partial charge in [-0.15, -0.1) is 0 Å². The number of aromatic nitrogens is 1. The number of para-hydroxylation sites is 1. The number of nitrogens with zero attached hydrogens (tertiary/aromatic N) is 2. The zero-order chi connectivity index (χ0) is 19.2. The summed E-state index contributed by atoms with van der Waals surface area (Å²) in [6.07, 6.45) is 1.71. The fourth-order valence-electron chi connectivity index (χ4n) is 2.69. The molecule has 0 fully saturated rings. The zero-order valence-corrected chi connectivity index (χ0v) is 15.5. The third kappa shape index (κ3) is 4.71. The van der Waals surface area contributed by atoms with Crippen LogP contribution in [-0.2, 0) is 16.0 Å². The SMILES string of the molecule is CC(=O)N(c1ccccc1)c1cc(NC(=O)Cc2ccccc2Cl)ccn1. The molecule has 0 atom stereocenters. The van der Waals surface area contributed by atoms with Gasteiger partial charge in [0.05, 0.1) is 12.1 Å². The predicted molar refractivity (Wildman–Crippen MR) is 107 cm³/mol. The maximum absolute atomic E-state index is 12.3. The van der Waals surface area contributed by atoms with Crippen molar-refractivity contribution in [3.05, 3.63) is 83.5 Å². The Bertz CT molecular complexity index is 960. The number of benzene rings is 2. The summed E-state index contributed by atoms with van der Waals surface area (Å²) in [7, 11) is 0. The Morgan fingerprint density at radius 1 is 1.04 bits per heavy atom. The number of hydrogen-bond acceptors (Lipinski definition) is 3. The van der Waals surface area contributed by atoms with E-state index in [4.69, 9.17) is 11.6 Å². The van der Waals surface area contributed by atoms with Crippen LogP contribution in [0.1, 0.15) is 12.5 Å². The molecule has 0 bridgehead atoms. The van der Waals surface area contributed by atoms with Crippen LogP contribution in [0.2, 0.25) is 5.02 Å². The lowest BCUT2D eigenvalue weighted by atomic mass is 10.1. The summed E-state index contributed by atoms with van der Waals surface area (Å²) >= 11 is 6.11. The van der Waals surface area contributed by atoms with Crippen LogP contribution in [0.5, 0.6) is 0 Å². The highest BCUT2D eigenvalue weighted by Gasteiger charge is 2.16. The molecular weight excluding hydrogens is 362 g/mol. The third-order valence-electron chi connectivity index (χ3n) is 3.90. The molecular formula is C21H18ClN3O2. The van der Waals surface area contributed by atoms with Gasteiger partial charge < -0.3 is 5.32 Å². The van der Waals surface area contributed by atoms with Gasteiger partial charge in [-0.25, -0.2) is 4.98 Å². The molecule has 2 amide bonds. The quantitative estimate of drug-likeness (QED) is 0.704. The average molecular weight is 380 g/mol. The zero-order valence-electron chi connectivity index (χ0n) is 14.7. The van der Waals surface area contributed by atoms with Gasteiger partial charge in [0.25, 0.3) is 0 Å². The van der Waals surface area contributed by atoms with E-state index >= 15 is 0 Å². The number of hydrogen-bond donors (Lipinski definition) is 1. The first-order valence-corrected chi connectivity index (χ1v) is 8.77. The van der Waals surface area contributed by atoms with Crippen molar-refractivity contribution in [3.8, 4) is 0 Å². The Morgan fingerprint density at radius 2 is 1.74 bits per heavy atom. The minimum Gasteiger partial charge on any atom is -0.326 e. The van der Waals surface area contributed by atoms with Crippen LogP contribution in [0.3, 0.4) is 0 Å². The molecule has 0 radical (unpaired) electrons. The van der Waals surface area contributed by atoms with Crippen molar-refractivity contribution in [2.45, 2.75) is 13.3 Å². The first kappa shape index (κ1) is 18.6. The van der Waals surface area contributed by atoms with Crippen LogP contribution in [0.25, 0.3) is 0 Å². The van der Waals surface area contributed by atoms with Crippen LogP contribution in [0, 0.1) is 0 Å². The monoisotopic (exact) mass is 379 g/mol. The smallest absolute Gasteiger partial charge is 0.229 e. The molecule has 0 aliphatic rings. The Labute approximate surface area is 162 Å². The minimum absolute atomic E-state index is 0.159. The molecule has 0 spiro atoms. The van der Waals surface area contributed by atoms with E-state index in [2.05, 4.69) is 10.3 Å². The van der Waals surface area contributed by atoms with Crippen molar-refractivity contribution < 1.29 is 9.59 Å². The number of halogens is 1. The van der Waals surface area contributed by atoms with Crippen LogP contribution >= 0.6 is 11.6 Å². The summed E-state index contributed by atoms with van der Waals surface area (Å²) < 4.78 is 0. The molecule has 0 aliphatic carbocycles. The fourth-order valence-corrected chi connectivity index (χ4v) is 2.89.